The minimum Gasteiger partial charge on any atom is -0.310 e. The van der Waals surface area contributed by atoms with Crippen molar-refractivity contribution in [2.45, 2.75) is 52.4 Å². The highest BCUT2D eigenvalue weighted by atomic mass is 15.1. The molecule has 0 saturated heterocycles. The standard InChI is InChI=1S/C68H55N/c1-44-15-25-52(26-16-44)67(53-27-17-45(2)18-28-53)63-13-9-7-11-59(63)61-37-35-57(42-65(61)67)69(56-33-23-50(24-34-56)51-40-48(5)39-49(6)41-51)58-36-38-62-60-12-8-10-14-64(60)68(66(62)43-58,54-29-19-46(3)20-30-54)55-31-21-47(4)22-32-55/h7-43H,1-6H3. The molecule has 2 aliphatic carbocycles. The number of fused-ring (bicyclic) bond motifs is 6. The molecule has 0 radical (unpaired) electrons. The molecule has 0 bridgehead atoms. The Balaban J connectivity index is 1.13. The second-order valence-electron chi connectivity index (χ2n) is 19.8. The van der Waals surface area contributed by atoms with Crippen molar-refractivity contribution >= 4 is 17.1 Å². The molecule has 0 atom stereocenters. The van der Waals surface area contributed by atoms with E-state index < -0.39 is 10.8 Å². The van der Waals surface area contributed by atoms with Gasteiger partial charge < -0.3 is 4.90 Å². The van der Waals surface area contributed by atoms with Crippen LogP contribution < -0.4 is 4.90 Å². The van der Waals surface area contributed by atoms with Crippen LogP contribution in [0.4, 0.5) is 17.1 Å². The van der Waals surface area contributed by atoms with Crippen molar-refractivity contribution in [2.24, 2.45) is 0 Å². The molecular weight excluding hydrogens is 831 g/mol. The number of nitrogens with zero attached hydrogens (tertiary/aromatic N) is 1. The van der Waals surface area contributed by atoms with E-state index in [0.29, 0.717) is 0 Å². The second-order valence-corrected chi connectivity index (χ2v) is 19.8. The summed E-state index contributed by atoms with van der Waals surface area (Å²) in [5.41, 5.74) is 27.5. The van der Waals surface area contributed by atoms with Gasteiger partial charge in [-0.3, -0.25) is 0 Å². The van der Waals surface area contributed by atoms with E-state index in [0.717, 1.165) is 17.1 Å². The van der Waals surface area contributed by atoms with Gasteiger partial charge in [0.05, 0.1) is 10.8 Å². The van der Waals surface area contributed by atoms with Crippen LogP contribution in [0.3, 0.4) is 0 Å². The summed E-state index contributed by atoms with van der Waals surface area (Å²) in [5, 5.41) is 0. The van der Waals surface area contributed by atoms with Crippen LogP contribution in [0.15, 0.2) is 224 Å². The SMILES string of the molecule is Cc1ccc(C2(c3ccc(C)cc3)c3ccccc3-c3ccc(N(c4ccc(-c5cc(C)cc(C)c5)cc4)c4ccc5c(c4)C(c4ccc(C)cc4)(c4ccc(C)cc4)c4ccccc4-5)cc32)cc1. The van der Waals surface area contributed by atoms with Crippen molar-refractivity contribution in [1.29, 1.82) is 0 Å². The summed E-state index contributed by atoms with van der Waals surface area (Å²) in [4.78, 5) is 2.50. The molecule has 0 spiro atoms. The average Bonchev–Trinajstić information content (AvgIpc) is 3.83. The maximum atomic E-state index is 2.50. The van der Waals surface area contributed by atoms with Crippen LogP contribution in [0.25, 0.3) is 33.4 Å². The number of benzene rings is 10. The van der Waals surface area contributed by atoms with E-state index in [1.54, 1.807) is 0 Å². The Hall–Kier alpha value is -8.00. The van der Waals surface area contributed by atoms with Crippen molar-refractivity contribution < 1.29 is 0 Å². The third kappa shape index (κ3) is 6.67. The molecular formula is C68H55N. The van der Waals surface area contributed by atoms with Crippen LogP contribution in [-0.4, -0.2) is 0 Å². The normalized spacial score (nSPS) is 13.6. The van der Waals surface area contributed by atoms with E-state index >= 15 is 0 Å². The van der Waals surface area contributed by atoms with Crippen molar-refractivity contribution in [3.63, 3.8) is 0 Å². The van der Waals surface area contributed by atoms with E-state index in [1.165, 1.54) is 111 Å². The largest absolute Gasteiger partial charge is 0.310 e. The molecule has 0 N–H and O–H groups in total. The summed E-state index contributed by atoms with van der Waals surface area (Å²) < 4.78 is 0. The minimum atomic E-state index is -0.548. The Morgan fingerprint density at radius 2 is 0.580 bits per heavy atom. The lowest BCUT2D eigenvalue weighted by atomic mass is 9.67. The fourth-order valence-electron chi connectivity index (χ4n) is 12.0. The smallest absolute Gasteiger partial charge is 0.0714 e. The molecule has 0 aliphatic heterocycles. The highest BCUT2D eigenvalue weighted by molar-refractivity contribution is 5.92. The Morgan fingerprint density at radius 1 is 0.246 bits per heavy atom. The van der Waals surface area contributed by atoms with Crippen molar-refractivity contribution in [2.75, 3.05) is 4.90 Å². The van der Waals surface area contributed by atoms with Gasteiger partial charge in [0.25, 0.3) is 0 Å². The van der Waals surface area contributed by atoms with Crippen LogP contribution in [0, 0.1) is 41.5 Å². The summed E-state index contributed by atoms with van der Waals surface area (Å²) in [6.45, 7) is 13.1. The maximum Gasteiger partial charge on any atom is 0.0714 e. The van der Waals surface area contributed by atoms with Gasteiger partial charge in [0.1, 0.15) is 0 Å². The lowest BCUT2D eigenvalue weighted by Crippen LogP contribution is -2.29. The van der Waals surface area contributed by atoms with Gasteiger partial charge in [-0.1, -0.05) is 221 Å². The van der Waals surface area contributed by atoms with E-state index in [9.17, 15) is 0 Å². The highest BCUT2D eigenvalue weighted by Gasteiger charge is 2.48. The van der Waals surface area contributed by atoms with Gasteiger partial charge in [0.2, 0.25) is 0 Å². The van der Waals surface area contributed by atoms with E-state index in [4.69, 9.17) is 0 Å². The quantitative estimate of drug-likeness (QED) is 0.147. The number of aryl methyl sites for hydroxylation is 6. The van der Waals surface area contributed by atoms with E-state index in [2.05, 4.69) is 271 Å². The molecule has 0 heterocycles. The topological polar surface area (TPSA) is 3.24 Å². The van der Waals surface area contributed by atoms with Gasteiger partial charge in [-0.2, -0.15) is 0 Å². The molecule has 12 rings (SSSR count). The molecule has 1 heteroatoms. The van der Waals surface area contributed by atoms with Crippen LogP contribution in [0.1, 0.15) is 77.9 Å². The number of hydrogen-bond donors (Lipinski definition) is 0. The predicted molar refractivity (Wildman–Crippen MR) is 290 cm³/mol. The van der Waals surface area contributed by atoms with Crippen LogP contribution in [-0.2, 0) is 10.8 Å². The molecule has 0 saturated carbocycles. The van der Waals surface area contributed by atoms with Crippen LogP contribution in [0.5, 0.6) is 0 Å². The van der Waals surface area contributed by atoms with E-state index in [-0.39, 0.29) is 0 Å². The van der Waals surface area contributed by atoms with Gasteiger partial charge >= 0.3 is 0 Å². The molecule has 10 aromatic carbocycles. The zero-order valence-corrected chi connectivity index (χ0v) is 40.3. The van der Waals surface area contributed by atoms with Gasteiger partial charge in [-0.05, 0) is 156 Å². The zero-order chi connectivity index (χ0) is 47.0. The zero-order valence-electron chi connectivity index (χ0n) is 40.3. The highest BCUT2D eigenvalue weighted by Crippen LogP contribution is 2.59. The molecule has 69 heavy (non-hydrogen) atoms. The molecule has 0 amide bonds. The van der Waals surface area contributed by atoms with Crippen molar-refractivity contribution in [3.8, 4) is 33.4 Å². The van der Waals surface area contributed by atoms with Crippen LogP contribution >= 0.6 is 0 Å². The first-order chi connectivity index (χ1) is 33.6. The first kappa shape index (κ1) is 42.4. The Kier molecular flexibility index (Phi) is 10.0. The molecule has 332 valence electrons. The fourth-order valence-corrected chi connectivity index (χ4v) is 12.0. The molecule has 1 nitrogen and oxygen atoms in total. The summed E-state index contributed by atoms with van der Waals surface area (Å²) in [7, 11) is 0. The fraction of sp³-hybridized carbons (Fsp3) is 0.118. The maximum absolute atomic E-state index is 2.50. The second kappa shape index (κ2) is 16.4. The van der Waals surface area contributed by atoms with Gasteiger partial charge in [0.15, 0.2) is 0 Å². The Labute approximate surface area is 408 Å². The van der Waals surface area contributed by atoms with Gasteiger partial charge in [-0.15, -0.1) is 0 Å². The van der Waals surface area contributed by atoms with Crippen LogP contribution in [0.2, 0.25) is 0 Å². The average molecular weight is 886 g/mol. The molecule has 2 aliphatic rings. The summed E-state index contributed by atoms with van der Waals surface area (Å²) in [5.74, 6) is 0. The summed E-state index contributed by atoms with van der Waals surface area (Å²) >= 11 is 0. The molecule has 0 unspecified atom stereocenters. The monoisotopic (exact) mass is 885 g/mol. The lowest BCUT2D eigenvalue weighted by molar-refractivity contribution is 0.766. The minimum absolute atomic E-state index is 0.548. The third-order valence-corrected chi connectivity index (χ3v) is 15.2. The third-order valence-electron chi connectivity index (χ3n) is 15.2. The Morgan fingerprint density at radius 3 is 0.957 bits per heavy atom. The first-order valence-corrected chi connectivity index (χ1v) is 24.4. The number of hydrogen-bond acceptors (Lipinski definition) is 1. The predicted octanol–water partition coefficient (Wildman–Crippen LogP) is 17.4. The molecule has 10 aromatic rings. The Bertz CT molecular complexity index is 3270. The summed E-state index contributed by atoms with van der Waals surface area (Å²) in [6.07, 6.45) is 0. The molecule has 0 aromatic heterocycles. The van der Waals surface area contributed by atoms with Crippen molar-refractivity contribution in [1.82, 2.24) is 0 Å². The van der Waals surface area contributed by atoms with E-state index in [1.807, 2.05) is 0 Å². The summed E-state index contributed by atoms with van der Waals surface area (Å²) in [6, 6.07) is 85.7. The molecule has 0 fully saturated rings. The van der Waals surface area contributed by atoms with Gasteiger partial charge in [0, 0.05) is 17.1 Å². The lowest BCUT2D eigenvalue weighted by Gasteiger charge is -2.36. The number of rotatable bonds is 8. The van der Waals surface area contributed by atoms with Gasteiger partial charge in [-0.25, -0.2) is 0 Å². The first-order valence-electron chi connectivity index (χ1n) is 24.4. The van der Waals surface area contributed by atoms with Crippen molar-refractivity contribution in [3.05, 3.63) is 302 Å². The number of anilines is 3.